The first-order valence-electron chi connectivity index (χ1n) is 10.6. The number of hydrogen-bond donors (Lipinski definition) is 0. The molecule has 0 radical (unpaired) electrons. The van der Waals surface area contributed by atoms with Crippen LogP contribution in [0.15, 0.2) is 82.7 Å². The number of rotatable bonds is 5. The van der Waals surface area contributed by atoms with Crippen LogP contribution in [0.3, 0.4) is 0 Å². The number of pyridine rings is 1. The summed E-state index contributed by atoms with van der Waals surface area (Å²) in [4.78, 5) is 33.2. The standard InChI is InChI=1S/C27H22N2O4/c1-4-13-32-19-8-6-18(7-9-19)24-23-25(30)20-14-16(2)5-10-21(20)33-26(23)27(31)29(24)22-15-17(3)11-12-28-22/h4-12,14-15,24H,1,13H2,2-3H3. The van der Waals surface area contributed by atoms with Crippen molar-refractivity contribution < 1.29 is 13.9 Å². The number of amides is 1. The molecule has 1 amide bonds. The van der Waals surface area contributed by atoms with E-state index >= 15 is 0 Å². The van der Waals surface area contributed by atoms with Gasteiger partial charge in [-0.05, 0) is 61.4 Å². The van der Waals surface area contributed by atoms with Crippen LogP contribution >= 0.6 is 0 Å². The van der Waals surface area contributed by atoms with Gasteiger partial charge in [0.2, 0.25) is 5.76 Å². The molecule has 1 atom stereocenters. The summed E-state index contributed by atoms with van der Waals surface area (Å²) in [5.74, 6) is 0.795. The fourth-order valence-corrected chi connectivity index (χ4v) is 4.19. The number of anilines is 1. The van der Waals surface area contributed by atoms with Gasteiger partial charge in [-0.3, -0.25) is 14.5 Å². The van der Waals surface area contributed by atoms with Crippen LogP contribution in [-0.4, -0.2) is 17.5 Å². The summed E-state index contributed by atoms with van der Waals surface area (Å²) in [5, 5.41) is 0.455. The molecule has 0 N–H and O–H groups in total. The van der Waals surface area contributed by atoms with Gasteiger partial charge >= 0.3 is 0 Å². The average molecular weight is 438 g/mol. The molecule has 2 aromatic carbocycles. The highest BCUT2D eigenvalue weighted by atomic mass is 16.5. The highest BCUT2D eigenvalue weighted by Gasteiger charge is 2.44. The van der Waals surface area contributed by atoms with Gasteiger partial charge in [0.25, 0.3) is 5.91 Å². The Bertz CT molecular complexity index is 1450. The fourth-order valence-electron chi connectivity index (χ4n) is 4.19. The lowest BCUT2D eigenvalue weighted by atomic mass is 9.98. The predicted molar refractivity (Wildman–Crippen MR) is 127 cm³/mol. The number of carbonyl (C=O) groups excluding carboxylic acids is 1. The maximum Gasteiger partial charge on any atom is 0.296 e. The normalized spacial score (nSPS) is 15.0. The first kappa shape index (κ1) is 20.7. The number of aromatic nitrogens is 1. The van der Waals surface area contributed by atoms with E-state index in [1.54, 1.807) is 24.4 Å². The minimum absolute atomic E-state index is 0.0524. The van der Waals surface area contributed by atoms with Gasteiger partial charge < -0.3 is 9.15 Å². The Hall–Kier alpha value is -4.19. The first-order chi connectivity index (χ1) is 16.0. The van der Waals surface area contributed by atoms with Crippen molar-refractivity contribution in [2.45, 2.75) is 19.9 Å². The second-order valence-electron chi connectivity index (χ2n) is 8.11. The quantitative estimate of drug-likeness (QED) is 0.405. The van der Waals surface area contributed by atoms with Crippen LogP contribution in [0.25, 0.3) is 11.0 Å². The van der Waals surface area contributed by atoms with Crippen molar-refractivity contribution in [3.63, 3.8) is 0 Å². The molecule has 0 saturated heterocycles. The van der Waals surface area contributed by atoms with Crippen molar-refractivity contribution in [2.24, 2.45) is 0 Å². The van der Waals surface area contributed by atoms with Crippen LogP contribution in [0.4, 0.5) is 5.82 Å². The van der Waals surface area contributed by atoms with E-state index in [1.165, 1.54) is 4.90 Å². The van der Waals surface area contributed by atoms with Gasteiger partial charge in [-0.15, -0.1) is 0 Å². The van der Waals surface area contributed by atoms with Crippen molar-refractivity contribution in [1.29, 1.82) is 0 Å². The van der Waals surface area contributed by atoms with Crippen molar-refractivity contribution in [3.05, 3.63) is 112 Å². The lowest BCUT2D eigenvalue weighted by Gasteiger charge is -2.24. The third-order valence-corrected chi connectivity index (χ3v) is 5.74. The van der Waals surface area contributed by atoms with E-state index in [1.807, 2.05) is 56.3 Å². The largest absolute Gasteiger partial charge is 0.490 e. The number of aryl methyl sites for hydroxylation is 2. The summed E-state index contributed by atoms with van der Waals surface area (Å²) in [7, 11) is 0. The molecule has 1 aliphatic rings. The zero-order valence-corrected chi connectivity index (χ0v) is 18.4. The number of nitrogens with zero attached hydrogens (tertiary/aromatic N) is 2. The van der Waals surface area contributed by atoms with Crippen molar-refractivity contribution in [2.75, 3.05) is 11.5 Å². The molecule has 33 heavy (non-hydrogen) atoms. The average Bonchev–Trinajstić information content (AvgIpc) is 3.11. The SMILES string of the molecule is C=CCOc1ccc(C2c3c(oc4ccc(C)cc4c3=O)C(=O)N2c2cc(C)ccn2)cc1. The van der Waals surface area contributed by atoms with Gasteiger partial charge in [-0.25, -0.2) is 4.98 Å². The van der Waals surface area contributed by atoms with Gasteiger partial charge in [0, 0.05) is 6.20 Å². The zero-order valence-electron chi connectivity index (χ0n) is 18.4. The molecular weight excluding hydrogens is 416 g/mol. The summed E-state index contributed by atoms with van der Waals surface area (Å²) in [6, 6.07) is 15.7. The predicted octanol–water partition coefficient (Wildman–Crippen LogP) is 5.12. The Labute approximate surface area is 190 Å². The van der Waals surface area contributed by atoms with E-state index in [0.717, 1.165) is 16.7 Å². The van der Waals surface area contributed by atoms with E-state index in [0.29, 0.717) is 34.7 Å². The summed E-state index contributed by atoms with van der Waals surface area (Å²) < 4.78 is 11.6. The van der Waals surface area contributed by atoms with Crippen LogP contribution in [-0.2, 0) is 0 Å². The number of carbonyl (C=O) groups is 1. The second kappa shape index (κ2) is 8.06. The molecule has 0 bridgehead atoms. The van der Waals surface area contributed by atoms with E-state index < -0.39 is 6.04 Å². The summed E-state index contributed by atoms with van der Waals surface area (Å²) in [6.07, 6.45) is 3.32. The van der Waals surface area contributed by atoms with E-state index in [2.05, 4.69) is 11.6 Å². The molecule has 1 unspecified atom stereocenters. The summed E-state index contributed by atoms with van der Waals surface area (Å²) in [5.41, 5.74) is 3.16. The topological polar surface area (TPSA) is 72.6 Å². The van der Waals surface area contributed by atoms with Gasteiger partial charge in [0.05, 0.1) is 17.0 Å². The van der Waals surface area contributed by atoms with E-state index in [4.69, 9.17) is 9.15 Å². The van der Waals surface area contributed by atoms with Gasteiger partial charge in [-0.2, -0.15) is 0 Å². The molecule has 5 rings (SSSR count). The molecule has 2 aromatic heterocycles. The maximum atomic E-state index is 13.7. The minimum Gasteiger partial charge on any atom is -0.490 e. The van der Waals surface area contributed by atoms with Crippen LogP contribution in [0.5, 0.6) is 5.75 Å². The smallest absolute Gasteiger partial charge is 0.296 e. The second-order valence-corrected chi connectivity index (χ2v) is 8.11. The molecular formula is C27H22N2O4. The molecule has 3 heterocycles. The summed E-state index contributed by atoms with van der Waals surface area (Å²) >= 11 is 0. The molecule has 0 fully saturated rings. The lowest BCUT2D eigenvalue weighted by molar-refractivity contribution is 0.0970. The first-order valence-corrected chi connectivity index (χ1v) is 10.6. The highest BCUT2D eigenvalue weighted by Crippen LogP contribution is 2.41. The van der Waals surface area contributed by atoms with Crippen LogP contribution in [0, 0.1) is 13.8 Å². The molecule has 164 valence electrons. The zero-order chi connectivity index (χ0) is 23.1. The number of hydrogen-bond acceptors (Lipinski definition) is 5. The third-order valence-electron chi connectivity index (χ3n) is 5.74. The van der Waals surface area contributed by atoms with Gasteiger partial charge in [0.15, 0.2) is 5.43 Å². The molecule has 6 nitrogen and oxygen atoms in total. The number of benzene rings is 2. The van der Waals surface area contributed by atoms with Gasteiger partial charge in [0.1, 0.15) is 23.8 Å². The van der Waals surface area contributed by atoms with Crippen LogP contribution in [0.1, 0.15) is 38.9 Å². The van der Waals surface area contributed by atoms with Crippen molar-refractivity contribution in [3.8, 4) is 5.75 Å². The maximum absolute atomic E-state index is 13.7. The molecule has 6 heteroatoms. The van der Waals surface area contributed by atoms with Crippen LogP contribution < -0.4 is 15.1 Å². The molecule has 0 saturated carbocycles. The Morgan fingerprint density at radius 3 is 2.55 bits per heavy atom. The molecule has 4 aromatic rings. The Kier molecular flexibility index (Phi) is 5.05. The number of ether oxygens (including phenoxy) is 1. The van der Waals surface area contributed by atoms with E-state index in [-0.39, 0.29) is 17.1 Å². The minimum atomic E-state index is -0.670. The Balaban J connectivity index is 1.73. The Morgan fingerprint density at radius 1 is 1.06 bits per heavy atom. The Morgan fingerprint density at radius 2 is 1.82 bits per heavy atom. The molecule has 0 aliphatic carbocycles. The van der Waals surface area contributed by atoms with Crippen molar-refractivity contribution in [1.82, 2.24) is 4.98 Å². The highest BCUT2D eigenvalue weighted by molar-refractivity contribution is 6.10. The molecule has 0 spiro atoms. The third kappa shape index (κ3) is 3.49. The number of fused-ring (bicyclic) bond motifs is 2. The molecule has 1 aliphatic heterocycles. The van der Waals surface area contributed by atoms with Crippen molar-refractivity contribution >= 4 is 22.7 Å². The van der Waals surface area contributed by atoms with E-state index in [9.17, 15) is 9.59 Å². The fraction of sp³-hybridized carbons (Fsp3) is 0.148. The lowest BCUT2D eigenvalue weighted by Crippen LogP contribution is -2.30. The monoisotopic (exact) mass is 438 g/mol. The van der Waals surface area contributed by atoms with Gasteiger partial charge in [-0.1, -0.05) is 36.4 Å². The van der Waals surface area contributed by atoms with Crippen LogP contribution in [0.2, 0.25) is 0 Å². The summed E-state index contributed by atoms with van der Waals surface area (Å²) in [6.45, 7) is 7.89.